The number of hydrogen-bond acceptors (Lipinski definition) is 3. The SMILES string of the molecule is NC(=O)c1ccc(I)c(NO)c1. The zero-order valence-corrected chi connectivity index (χ0v) is 8.20. The highest BCUT2D eigenvalue weighted by molar-refractivity contribution is 14.1. The van der Waals surface area contributed by atoms with Gasteiger partial charge in [0.15, 0.2) is 0 Å². The van der Waals surface area contributed by atoms with Crippen LogP contribution in [-0.4, -0.2) is 11.1 Å². The van der Waals surface area contributed by atoms with E-state index in [0.717, 1.165) is 3.57 Å². The molecule has 0 saturated heterocycles. The predicted octanol–water partition coefficient (Wildman–Crippen LogP) is 1.19. The van der Waals surface area contributed by atoms with E-state index in [1.54, 1.807) is 12.1 Å². The third kappa shape index (κ3) is 1.86. The minimum atomic E-state index is -0.511. The number of amides is 1. The van der Waals surface area contributed by atoms with Crippen molar-refractivity contribution in [3.63, 3.8) is 0 Å². The van der Waals surface area contributed by atoms with Gasteiger partial charge in [-0.05, 0) is 40.8 Å². The molecule has 0 unspecified atom stereocenters. The minimum Gasteiger partial charge on any atom is -0.366 e. The summed E-state index contributed by atoms with van der Waals surface area (Å²) in [6.07, 6.45) is 0. The Hall–Kier alpha value is -0.820. The Labute approximate surface area is 82.9 Å². The molecule has 64 valence electrons. The maximum atomic E-state index is 10.7. The van der Waals surface area contributed by atoms with Crippen LogP contribution in [0.3, 0.4) is 0 Å². The fourth-order valence-electron chi connectivity index (χ4n) is 0.764. The summed E-state index contributed by atoms with van der Waals surface area (Å²) in [4.78, 5) is 10.7. The fraction of sp³-hybridized carbons (Fsp3) is 0. The van der Waals surface area contributed by atoms with E-state index in [2.05, 4.69) is 0 Å². The number of benzene rings is 1. The first kappa shape index (κ1) is 9.27. The molecule has 5 heteroatoms. The number of primary amides is 1. The summed E-state index contributed by atoms with van der Waals surface area (Å²) in [5, 5.41) is 8.62. The van der Waals surface area contributed by atoms with E-state index in [9.17, 15) is 4.79 Å². The first-order chi connectivity index (χ1) is 5.65. The van der Waals surface area contributed by atoms with Gasteiger partial charge in [0.1, 0.15) is 0 Å². The van der Waals surface area contributed by atoms with Crippen LogP contribution >= 0.6 is 22.6 Å². The second kappa shape index (κ2) is 3.72. The van der Waals surface area contributed by atoms with Crippen molar-refractivity contribution in [1.29, 1.82) is 0 Å². The van der Waals surface area contributed by atoms with E-state index in [1.807, 2.05) is 28.1 Å². The molecule has 0 fully saturated rings. The van der Waals surface area contributed by atoms with Gasteiger partial charge in [-0.1, -0.05) is 0 Å². The van der Waals surface area contributed by atoms with E-state index in [4.69, 9.17) is 10.9 Å². The van der Waals surface area contributed by atoms with E-state index in [1.165, 1.54) is 6.07 Å². The van der Waals surface area contributed by atoms with Gasteiger partial charge in [0.05, 0.1) is 5.69 Å². The molecule has 0 radical (unpaired) electrons. The van der Waals surface area contributed by atoms with Crippen molar-refractivity contribution in [2.45, 2.75) is 0 Å². The van der Waals surface area contributed by atoms with Gasteiger partial charge in [0, 0.05) is 9.13 Å². The number of nitrogens with two attached hydrogens (primary N) is 1. The molecular formula is C7H7IN2O2. The van der Waals surface area contributed by atoms with Crippen LogP contribution < -0.4 is 11.2 Å². The summed E-state index contributed by atoms with van der Waals surface area (Å²) < 4.78 is 0.820. The molecule has 0 aliphatic rings. The molecule has 0 heterocycles. The van der Waals surface area contributed by atoms with Crippen molar-refractivity contribution in [3.05, 3.63) is 27.3 Å². The van der Waals surface area contributed by atoms with Crippen LogP contribution in [0.5, 0.6) is 0 Å². The lowest BCUT2D eigenvalue weighted by Crippen LogP contribution is -2.11. The Balaban J connectivity index is 3.13. The van der Waals surface area contributed by atoms with E-state index >= 15 is 0 Å². The third-order valence-electron chi connectivity index (χ3n) is 1.37. The highest BCUT2D eigenvalue weighted by atomic mass is 127. The van der Waals surface area contributed by atoms with Crippen LogP contribution in [-0.2, 0) is 0 Å². The predicted molar refractivity (Wildman–Crippen MR) is 53.1 cm³/mol. The highest BCUT2D eigenvalue weighted by Crippen LogP contribution is 2.18. The molecule has 0 atom stereocenters. The largest absolute Gasteiger partial charge is 0.366 e. The first-order valence-corrected chi connectivity index (χ1v) is 4.22. The van der Waals surface area contributed by atoms with Crippen molar-refractivity contribution in [3.8, 4) is 0 Å². The zero-order valence-electron chi connectivity index (χ0n) is 6.04. The lowest BCUT2D eigenvalue weighted by Gasteiger charge is -2.03. The van der Waals surface area contributed by atoms with Crippen LogP contribution in [0.2, 0.25) is 0 Å². The lowest BCUT2D eigenvalue weighted by atomic mass is 10.2. The molecular weight excluding hydrogens is 271 g/mol. The highest BCUT2D eigenvalue weighted by Gasteiger charge is 2.03. The Morgan fingerprint density at radius 3 is 2.75 bits per heavy atom. The van der Waals surface area contributed by atoms with Crippen molar-refractivity contribution in [2.75, 3.05) is 5.48 Å². The van der Waals surface area contributed by atoms with Crippen LogP contribution in [0.25, 0.3) is 0 Å². The second-order valence-electron chi connectivity index (χ2n) is 2.17. The van der Waals surface area contributed by atoms with Gasteiger partial charge in [0.2, 0.25) is 5.91 Å². The fourth-order valence-corrected chi connectivity index (χ4v) is 1.22. The van der Waals surface area contributed by atoms with Gasteiger partial charge in [-0.25, -0.2) is 0 Å². The number of halogens is 1. The Morgan fingerprint density at radius 2 is 2.25 bits per heavy atom. The summed E-state index contributed by atoms with van der Waals surface area (Å²) >= 11 is 2.03. The Morgan fingerprint density at radius 1 is 1.58 bits per heavy atom. The second-order valence-corrected chi connectivity index (χ2v) is 3.33. The standard InChI is InChI=1S/C7H7IN2O2/c8-5-2-1-4(7(9)11)3-6(5)10-12/h1-3,10,12H,(H2,9,11). The van der Waals surface area contributed by atoms with E-state index < -0.39 is 5.91 Å². The maximum absolute atomic E-state index is 10.7. The molecule has 0 aromatic heterocycles. The van der Waals surface area contributed by atoms with Crippen LogP contribution in [0.15, 0.2) is 18.2 Å². The Kier molecular flexibility index (Phi) is 2.88. The van der Waals surface area contributed by atoms with E-state index in [0.29, 0.717) is 11.3 Å². The van der Waals surface area contributed by atoms with Crippen LogP contribution in [0, 0.1) is 3.57 Å². The number of anilines is 1. The quantitative estimate of drug-likeness (QED) is 0.562. The van der Waals surface area contributed by atoms with Crippen molar-refractivity contribution < 1.29 is 10.0 Å². The summed E-state index contributed by atoms with van der Waals surface area (Å²) in [5.74, 6) is -0.511. The van der Waals surface area contributed by atoms with Crippen LogP contribution in [0.4, 0.5) is 5.69 Å². The molecule has 0 spiro atoms. The molecule has 4 N–H and O–H groups in total. The molecule has 0 aliphatic heterocycles. The average molecular weight is 278 g/mol. The van der Waals surface area contributed by atoms with Gasteiger partial charge in [0.25, 0.3) is 0 Å². The maximum Gasteiger partial charge on any atom is 0.248 e. The molecule has 4 nitrogen and oxygen atoms in total. The van der Waals surface area contributed by atoms with Gasteiger partial charge in [-0.3, -0.25) is 15.5 Å². The average Bonchev–Trinajstić information content (AvgIpc) is 2.05. The molecule has 12 heavy (non-hydrogen) atoms. The van der Waals surface area contributed by atoms with Gasteiger partial charge in [-0.2, -0.15) is 0 Å². The Bertz CT molecular complexity index is 314. The van der Waals surface area contributed by atoms with Gasteiger partial charge >= 0.3 is 0 Å². The van der Waals surface area contributed by atoms with E-state index in [-0.39, 0.29) is 0 Å². The molecule has 1 aromatic rings. The summed E-state index contributed by atoms with van der Waals surface area (Å²) in [6, 6.07) is 4.79. The molecule has 0 bridgehead atoms. The third-order valence-corrected chi connectivity index (χ3v) is 2.31. The number of rotatable bonds is 2. The first-order valence-electron chi connectivity index (χ1n) is 3.14. The number of carbonyl (C=O) groups excluding carboxylic acids is 1. The molecule has 0 saturated carbocycles. The molecule has 0 aliphatic carbocycles. The molecule has 1 amide bonds. The number of hydrogen-bond donors (Lipinski definition) is 3. The van der Waals surface area contributed by atoms with Crippen molar-refractivity contribution in [2.24, 2.45) is 5.73 Å². The number of carbonyl (C=O) groups is 1. The zero-order chi connectivity index (χ0) is 9.14. The van der Waals surface area contributed by atoms with Gasteiger partial charge < -0.3 is 5.73 Å². The number of nitrogens with one attached hydrogen (secondary N) is 1. The van der Waals surface area contributed by atoms with Gasteiger partial charge in [-0.15, -0.1) is 0 Å². The monoisotopic (exact) mass is 278 g/mol. The minimum absolute atomic E-state index is 0.368. The van der Waals surface area contributed by atoms with Crippen molar-refractivity contribution >= 4 is 34.2 Å². The summed E-state index contributed by atoms with van der Waals surface area (Å²) in [5.41, 5.74) is 7.86. The summed E-state index contributed by atoms with van der Waals surface area (Å²) in [6.45, 7) is 0. The summed E-state index contributed by atoms with van der Waals surface area (Å²) in [7, 11) is 0. The normalized spacial score (nSPS) is 9.50. The van der Waals surface area contributed by atoms with Crippen LogP contribution in [0.1, 0.15) is 10.4 Å². The molecule has 1 aromatic carbocycles. The topological polar surface area (TPSA) is 75.4 Å². The molecule has 1 rings (SSSR count). The van der Waals surface area contributed by atoms with Crippen molar-refractivity contribution in [1.82, 2.24) is 0 Å². The smallest absolute Gasteiger partial charge is 0.248 e. The lowest BCUT2D eigenvalue weighted by molar-refractivity contribution is 0.100.